The largest absolute Gasteiger partial charge is 0.755 e. The Balaban J connectivity index is 1.57. The van der Waals surface area contributed by atoms with Crippen molar-refractivity contribution in [2.45, 2.75) is 5.25 Å². The maximum absolute atomic E-state index is 12.4. The van der Waals surface area contributed by atoms with Gasteiger partial charge in [0, 0.05) is 24.2 Å². The summed E-state index contributed by atoms with van der Waals surface area (Å²) in [6.45, 7) is 0. The van der Waals surface area contributed by atoms with Crippen molar-refractivity contribution >= 4 is 63.0 Å². The van der Waals surface area contributed by atoms with Crippen LogP contribution in [0.15, 0.2) is 79.0 Å². The quantitative estimate of drug-likeness (QED) is 0.138. The first-order valence-corrected chi connectivity index (χ1v) is 12.2. The minimum absolute atomic E-state index is 0.00392. The Morgan fingerprint density at radius 1 is 1.14 bits per heavy atom. The molecule has 2 unspecified atom stereocenters. The van der Waals surface area contributed by atoms with Crippen molar-refractivity contribution in [3.05, 3.63) is 95.9 Å². The number of benzene rings is 3. The molecule has 0 spiro atoms. The molecule has 3 N–H and O–H groups in total. The van der Waals surface area contributed by atoms with Gasteiger partial charge in [-0.1, -0.05) is 42.5 Å². The van der Waals surface area contributed by atoms with Gasteiger partial charge in [0.1, 0.15) is 11.7 Å². The molecule has 5 rings (SSSR count). The van der Waals surface area contributed by atoms with E-state index in [9.17, 15) is 8.76 Å². The monoisotopic (exact) mass is 501 g/mol. The molecule has 35 heavy (non-hydrogen) atoms. The van der Waals surface area contributed by atoms with Gasteiger partial charge in [-0.25, -0.2) is 4.98 Å². The second-order valence-electron chi connectivity index (χ2n) is 8.00. The molecule has 2 heterocycles. The van der Waals surface area contributed by atoms with Crippen molar-refractivity contribution in [3.63, 3.8) is 0 Å². The Kier molecular flexibility index (Phi) is 6.01. The van der Waals surface area contributed by atoms with E-state index in [0.717, 1.165) is 16.5 Å². The standard InChI is InChI=1S/C25H22N6O2S2/c1-30-20-12-11-18(31(35(32)33)21-6-2-4-15-5-3-13-28-22(15)21)14-19(20)29-25(30)23(34)16-7-9-17(10-8-16)24(26)27/h2-14,23,34H,1H3,(H3,26,27)(H,32,33)/p-1. The maximum Gasteiger partial charge on any atom is 0.127 e. The van der Waals surface area contributed by atoms with Gasteiger partial charge in [-0.3, -0.25) is 18.9 Å². The molecule has 176 valence electrons. The number of para-hydroxylation sites is 1. The van der Waals surface area contributed by atoms with Gasteiger partial charge in [-0.2, -0.15) is 12.6 Å². The third-order valence-electron chi connectivity index (χ3n) is 5.89. The molecule has 0 radical (unpaired) electrons. The summed E-state index contributed by atoms with van der Waals surface area (Å²) >= 11 is 2.21. The zero-order chi connectivity index (χ0) is 24.7. The van der Waals surface area contributed by atoms with E-state index in [4.69, 9.17) is 28.8 Å². The van der Waals surface area contributed by atoms with Crippen LogP contribution in [0, 0.1) is 5.41 Å². The minimum atomic E-state index is -2.58. The van der Waals surface area contributed by atoms with Gasteiger partial charge in [-0.05, 0) is 35.9 Å². The highest BCUT2D eigenvalue weighted by molar-refractivity contribution is 7.81. The van der Waals surface area contributed by atoms with Gasteiger partial charge in [0.25, 0.3) is 0 Å². The summed E-state index contributed by atoms with van der Waals surface area (Å²) in [7, 11) is 1.90. The number of aromatic nitrogens is 3. The van der Waals surface area contributed by atoms with Gasteiger partial charge in [0.05, 0.1) is 44.4 Å². The van der Waals surface area contributed by atoms with E-state index in [1.54, 1.807) is 42.6 Å². The van der Waals surface area contributed by atoms with Crippen LogP contribution in [0.1, 0.15) is 22.2 Å². The van der Waals surface area contributed by atoms with Crippen LogP contribution in [0.2, 0.25) is 0 Å². The van der Waals surface area contributed by atoms with Crippen molar-refractivity contribution < 1.29 is 8.76 Å². The molecule has 0 amide bonds. The fraction of sp³-hybridized carbons (Fsp3) is 0.0800. The zero-order valence-corrected chi connectivity index (χ0v) is 20.3. The number of aryl methyl sites for hydroxylation is 1. The Morgan fingerprint density at radius 2 is 1.89 bits per heavy atom. The Hall–Kier alpha value is -3.73. The number of rotatable bonds is 6. The lowest BCUT2D eigenvalue weighted by atomic mass is 10.1. The van der Waals surface area contributed by atoms with E-state index in [2.05, 4.69) is 4.98 Å². The summed E-state index contributed by atoms with van der Waals surface area (Å²) in [5.74, 6) is 0.710. The van der Waals surface area contributed by atoms with Crippen LogP contribution in [-0.2, 0) is 18.3 Å². The van der Waals surface area contributed by atoms with Crippen molar-refractivity contribution in [1.82, 2.24) is 14.5 Å². The molecule has 5 aromatic rings. The number of anilines is 2. The molecule has 3 aromatic carbocycles. The van der Waals surface area contributed by atoms with Crippen molar-refractivity contribution in [2.75, 3.05) is 4.31 Å². The summed E-state index contributed by atoms with van der Waals surface area (Å²) in [6, 6.07) is 21.8. The van der Waals surface area contributed by atoms with Crippen molar-refractivity contribution in [2.24, 2.45) is 12.8 Å². The molecule has 0 aliphatic heterocycles. The lowest BCUT2D eigenvalue weighted by molar-refractivity contribution is 0.537. The lowest BCUT2D eigenvalue weighted by Gasteiger charge is -2.27. The third-order valence-corrected chi connectivity index (χ3v) is 7.13. The summed E-state index contributed by atoms with van der Waals surface area (Å²) < 4.78 is 27.9. The summed E-state index contributed by atoms with van der Waals surface area (Å²) in [5, 5.41) is 8.08. The average Bonchev–Trinajstić information content (AvgIpc) is 3.19. The Morgan fingerprint density at radius 3 is 2.60 bits per heavy atom. The summed E-state index contributed by atoms with van der Waals surface area (Å²) in [4.78, 5) is 9.18. The van der Waals surface area contributed by atoms with Gasteiger partial charge < -0.3 is 14.9 Å². The van der Waals surface area contributed by atoms with E-state index in [-0.39, 0.29) is 11.1 Å². The molecular formula is C25H21N6O2S2-. The molecule has 0 bridgehead atoms. The molecule has 0 aliphatic carbocycles. The first-order valence-electron chi connectivity index (χ1n) is 10.7. The number of nitrogens with two attached hydrogens (primary N) is 1. The second-order valence-corrected chi connectivity index (χ2v) is 9.32. The van der Waals surface area contributed by atoms with Crippen LogP contribution in [0.4, 0.5) is 11.4 Å². The predicted octanol–water partition coefficient (Wildman–Crippen LogP) is 4.36. The zero-order valence-electron chi connectivity index (χ0n) is 18.6. The lowest BCUT2D eigenvalue weighted by Crippen LogP contribution is -2.20. The molecule has 0 saturated carbocycles. The first kappa shape index (κ1) is 23.0. The average molecular weight is 502 g/mol. The highest BCUT2D eigenvalue weighted by Gasteiger charge is 2.20. The molecular weight excluding hydrogens is 480 g/mol. The predicted molar refractivity (Wildman–Crippen MR) is 142 cm³/mol. The molecule has 0 aliphatic rings. The third kappa shape index (κ3) is 4.16. The van der Waals surface area contributed by atoms with Gasteiger partial charge >= 0.3 is 0 Å². The van der Waals surface area contributed by atoms with Gasteiger partial charge in [0.15, 0.2) is 0 Å². The summed E-state index contributed by atoms with van der Waals surface area (Å²) in [5.41, 5.74) is 10.1. The molecule has 0 saturated heterocycles. The molecule has 2 aromatic heterocycles. The van der Waals surface area contributed by atoms with Gasteiger partial charge in [0.2, 0.25) is 0 Å². The Bertz CT molecular complexity index is 1590. The number of nitrogens with one attached hydrogen (secondary N) is 1. The van der Waals surface area contributed by atoms with Gasteiger partial charge in [-0.15, -0.1) is 0 Å². The molecule has 10 heteroatoms. The molecule has 2 atom stereocenters. The highest BCUT2D eigenvalue weighted by atomic mass is 32.2. The van der Waals surface area contributed by atoms with Crippen LogP contribution >= 0.6 is 12.6 Å². The number of hydrogen-bond acceptors (Lipinski definition) is 6. The topological polar surface area (TPSA) is 124 Å². The fourth-order valence-corrected chi connectivity index (χ4v) is 5.13. The van der Waals surface area contributed by atoms with Crippen molar-refractivity contribution in [1.29, 1.82) is 5.41 Å². The molecule has 8 nitrogen and oxygen atoms in total. The number of thiol groups is 1. The summed E-state index contributed by atoms with van der Waals surface area (Å²) in [6.07, 6.45) is 1.64. The van der Waals surface area contributed by atoms with Crippen molar-refractivity contribution in [3.8, 4) is 0 Å². The number of imidazole rings is 1. The van der Waals surface area contributed by atoms with Crippen LogP contribution in [0.3, 0.4) is 0 Å². The number of nitrogen functional groups attached to an aromatic ring is 1. The number of nitrogens with zero attached hydrogens (tertiary/aromatic N) is 4. The van der Waals surface area contributed by atoms with Crippen LogP contribution in [0.5, 0.6) is 0 Å². The number of pyridine rings is 1. The van der Waals surface area contributed by atoms with E-state index in [1.165, 1.54) is 4.31 Å². The smallest absolute Gasteiger partial charge is 0.127 e. The van der Waals surface area contributed by atoms with Crippen LogP contribution in [-0.4, -0.2) is 29.1 Å². The van der Waals surface area contributed by atoms with E-state index < -0.39 is 11.3 Å². The van der Waals surface area contributed by atoms with Crippen LogP contribution in [0.25, 0.3) is 21.9 Å². The first-order chi connectivity index (χ1) is 16.8. The SMILES string of the molecule is Cn1c(C(S)c2ccc(C(=N)N)cc2)nc2cc(N(c3cccc4cccnc34)S(=O)[O-])ccc21. The number of hydrogen-bond donors (Lipinski definition) is 3. The number of fused-ring (bicyclic) bond motifs is 2. The Labute approximate surface area is 209 Å². The van der Waals surface area contributed by atoms with E-state index in [0.29, 0.717) is 33.8 Å². The minimum Gasteiger partial charge on any atom is -0.755 e. The highest BCUT2D eigenvalue weighted by Crippen LogP contribution is 2.35. The second kappa shape index (κ2) is 9.14. The molecule has 0 fully saturated rings. The fourth-order valence-electron chi connectivity index (χ4n) is 4.13. The normalized spacial score (nSPS) is 13.1. The number of amidine groups is 1. The van der Waals surface area contributed by atoms with E-state index in [1.807, 2.05) is 48.0 Å². The maximum atomic E-state index is 12.4. The van der Waals surface area contributed by atoms with E-state index >= 15 is 0 Å². The van der Waals surface area contributed by atoms with Crippen LogP contribution < -0.4 is 10.0 Å².